The number of carbonyl (C=O) groups is 1. The van der Waals surface area contributed by atoms with Crippen molar-refractivity contribution in [1.82, 2.24) is 9.66 Å². The summed E-state index contributed by atoms with van der Waals surface area (Å²) in [5, 5.41) is 0.426. The molecule has 0 bridgehead atoms. The number of aromatic nitrogens is 2. The van der Waals surface area contributed by atoms with Gasteiger partial charge < -0.3 is 4.74 Å². The Labute approximate surface area is 173 Å². The van der Waals surface area contributed by atoms with Crippen LogP contribution in [-0.2, 0) is 0 Å². The van der Waals surface area contributed by atoms with E-state index in [1.54, 1.807) is 61.7 Å². The molecule has 0 aliphatic rings. The third-order valence-corrected chi connectivity index (χ3v) is 5.11. The molecule has 1 amide bonds. The second-order valence-electron chi connectivity index (χ2n) is 7.06. The maximum atomic E-state index is 13.2. The van der Waals surface area contributed by atoms with Crippen LogP contribution in [0.3, 0.4) is 0 Å². The molecule has 1 aromatic heterocycles. The molecule has 4 rings (SSSR count). The van der Waals surface area contributed by atoms with E-state index in [0.717, 1.165) is 11.1 Å². The monoisotopic (exact) mass is 399 g/mol. The smallest absolute Gasteiger partial charge is 0.280 e. The Kier molecular flexibility index (Phi) is 5.06. The summed E-state index contributed by atoms with van der Waals surface area (Å²) in [6.07, 6.45) is 0. The number of aryl methyl sites for hydroxylation is 2. The molecule has 0 fully saturated rings. The number of amides is 1. The first-order valence-corrected chi connectivity index (χ1v) is 9.53. The van der Waals surface area contributed by atoms with Gasteiger partial charge in [0.1, 0.15) is 5.75 Å². The lowest BCUT2D eigenvalue weighted by Crippen LogP contribution is -2.35. The molecule has 3 aromatic carbocycles. The fraction of sp³-hybridized carbons (Fsp3) is 0.125. The number of rotatable bonds is 4. The largest absolute Gasteiger partial charge is 0.497 e. The van der Waals surface area contributed by atoms with Gasteiger partial charge in [-0.2, -0.15) is 4.68 Å². The van der Waals surface area contributed by atoms with Gasteiger partial charge in [-0.1, -0.05) is 18.2 Å². The first kappa shape index (κ1) is 19.4. The maximum Gasteiger partial charge on any atom is 0.280 e. The van der Waals surface area contributed by atoms with Crippen molar-refractivity contribution in [3.63, 3.8) is 0 Å². The summed E-state index contributed by atoms with van der Waals surface area (Å²) >= 11 is 0. The van der Waals surface area contributed by atoms with E-state index >= 15 is 0 Å². The highest BCUT2D eigenvalue weighted by molar-refractivity contribution is 6.00. The van der Waals surface area contributed by atoms with Crippen LogP contribution in [0.1, 0.15) is 21.5 Å². The number of carbonyl (C=O) groups excluding carboxylic acids is 1. The minimum absolute atomic E-state index is 0.344. The van der Waals surface area contributed by atoms with Gasteiger partial charge in [0, 0.05) is 11.1 Å². The Hall–Kier alpha value is -3.93. The number of hydrogen-bond donors (Lipinski definition) is 1. The van der Waals surface area contributed by atoms with Crippen molar-refractivity contribution in [2.75, 3.05) is 12.5 Å². The van der Waals surface area contributed by atoms with Gasteiger partial charge in [-0.05, 0) is 73.5 Å². The molecule has 4 aromatic rings. The minimum atomic E-state index is -0.382. The van der Waals surface area contributed by atoms with Crippen LogP contribution in [0, 0.1) is 13.8 Å². The van der Waals surface area contributed by atoms with Crippen LogP contribution in [0.5, 0.6) is 5.75 Å². The topological polar surface area (TPSA) is 73.2 Å². The molecular weight excluding hydrogens is 378 g/mol. The number of nitrogens with zero attached hydrogens (tertiary/aromatic N) is 2. The van der Waals surface area contributed by atoms with Crippen molar-refractivity contribution in [1.29, 1.82) is 0 Å². The minimum Gasteiger partial charge on any atom is -0.497 e. The first-order chi connectivity index (χ1) is 14.5. The summed E-state index contributed by atoms with van der Waals surface area (Å²) in [5.41, 5.74) is 6.19. The Morgan fingerprint density at radius 1 is 0.967 bits per heavy atom. The quantitative estimate of drug-likeness (QED) is 0.561. The van der Waals surface area contributed by atoms with Gasteiger partial charge in [0.2, 0.25) is 0 Å². The average Bonchev–Trinajstić information content (AvgIpc) is 2.77. The van der Waals surface area contributed by atoms with E-state index in [0.29, 0.717) is 33.6 Å². The van der Waals surface area contributed by atoms with E-state index in [1.165, 1.54) is 4.68 Å². The van der Waals surface area contributed by atoms with E-state index in [1.807, 2.05) is 26.0 Å². The zero-order valence-corrected chi connectivity index (χ0v) is 17.0. The highest BCUT2D eigenvalue weighted by Gasteiger charge is 2.16. The highest BCUT2D eigenvalue weighted by atomic mass is 16.5. The summed E-state index contributed by atoms with van der Waals surface area (Å²) in [6.45, 7) is 3.93. The van der Waals surface area contributed by atoms with Crippen molar-refractivity contribution in [2.45, 2.75) is 13.8 Å². The van der Waals surface area contributed by atoms with Crippen molar-refractivity contribution in [3.8, 4) is 17.1 Å². The second-order valence-corrected chi connectivity index (χ2v) is 7.06. The molecule has 0 unspecified atom stereocenters. The van der Waals surface area contributed by atoms with Gasteiger partial charge in [-0.15, -0.1) is 0 Å². The van der Waals surface area contributed by atoms with Crippen LogP contribution in [0.2, 0.25) is 0 Å². The van der Waals surface area contributed by atoms with E-state index in [9.17, 15) is 9.59 Å². The van der Waals surface area contributed by atoms with Crippen molar-refractivity contribution >= 4 is 16.8 Å². The lowest BCUT2D eigenvalue weighted by Gasteiger charge is -2.15. The van der Waals surface area contributed by atoms with Crippen LogP contribution in [0.4, 0.5) is 0 Å². The molecule has 30 heavy (non-hydrogen) atoms. The van der Waals surface area contributed by atoms with Crippen LogP contribution < -0.4 is 15.7 Å². The lowest BCUT2D eigenvalue weighted by molar-refractivity contribution is 0.101. The molecule has 6 nitrogen and oxygen atoms in total. The van der Waals surface area contributed by atoms with Gasteiger partial charge in [-0.3, -0.25) is 15.0 Å². The predicted molar refractivity (Wildman–Crippen MR) is 118 cm³/mol. The Bertz CT molecular complexity index is 1310. The van der Waals surface area contributed by atoms with Crippen LogP contribution in [0.15, 0.2) is 71.5 Å². The Balaban J connectivity index is 1.85. The van der Waals surface area contributed by atoms with Crippen molar-refractivity contribution < 1.29 is 9.53 Å². The van der Waals surface area contributed by atoms with Gasteiger partial charge >= 0.3 is 0 Å². The number of methoxy groups -OCH3 is 1. The zero-order valence-electron chi connectivity index (χ0n) is 17.0. The third kappa shape index (κ3) is 3.55. The molecule has 1 N–H and O–H groups in total. The normalized spacial score (nSPS) is 10.8. The number of ether oxygens (including phenoxy) is 1. The molecule has 1 heterocycles. The van der Waals surface area contributed by atoms with E-state index < -0.39 is 0 Å². The van der Waals surface area contributed by atoms with E-state index in [2.05, 4.69) is 10.4 Å². The molecular formula is C24H21N3O3. The van der Waals surface area contributed by atoms with Gasteiger partial charge in [0.15, 0.2) is 5.82 Å². The number of fused-ring (bicyclic) bond motifs is 1. The number of para-hydroxylation sites is 1. The summed E-state index contributed by atoms with van der Waals surface area (Å²) in [6, 6.07) is 19.7. The standard InChI is InChI=1S/C24H21N3O3/c1-15-8-9-18(14-16(15)2)23(28)26-27-22(17-10-12-19(30-3)13-11-17)25-21-7-5-4-6-20(21)24(27)29/h4-14H,1-3H3,(H,26,28). The predicted octanol–water partition coefficient (Wildman–Crippen LogP) is 4.07. The third-order valence-electron chi connectivity index (χ3n) is 5.11. The van der Waals surface area contributed by atoms with Gasteiger partial charge in [-0.25, -0.2) is 4.98 Å². The molecule has 0 radical (unpaired) electrons. The maximum absolute atomic E-state index is 13.2. The van der Waals surface area contributed by atoms with Gasteiger partial charge in [0.25, 0.3) is 11.5 Å². The second kappa shape index (κ2) is 7.83. The fourth-order valence-corrected chi connectivity index (χ4v) is 3.22. The SMILES string of the molecule is COc1ccc(-c2nc3ccccc3c(=O)n2NC(=O)c2ccc(C)c(C)c2)cc1. The van der Waals surface area contributed by atoms with Gasteiger partial charge in [0.05, 0.1) is 18.0 Å². The summed E-state index contributed by atoms with van der Waals surface area (Å²) in [7, 11) is 1.59. The molecule has 0 aliphatic heterocycles. The molecule has 6 heteroatoms. The van der Waals surface area contributed by atoms with Crippen LogP contribution in [-0.4, -0.2) is 22.7 Å². The molecule has 0 aliphatic carbocycles. The lowest BCUT2D eigenvalue weighted by atomic mass is 10.1. The van der Waals surface area contributed by atoms with E-state index in [-0.39, 0.29) is 11.5 Å². The molecule has 0 saturated heterocycles. The van der Waals surface area contributed by atoms with Crippen LogP contribution in [0.25, 0.3) is 22.3 Å². The Morgan fingerprint density at radius 3 is 2.40 bits per heavy atom. The molecule has 0 spiro atoms. The Morgan fingerprint density at radius 2 is 1.70 bits per heavy atom. The number of nitrogens with one attached hydrogen (secondary N) is 1. The molecule has 150 valence electrons. The van der Waals surface area contributed by atoms with Crippen molar-refractivity contribution in [3.05, 3.63) is 93.8 Å². The summed E-state index contributed by atoms with van der Waals surface area (Å²) in [5.74, 6) is 0.651. The summed E-state index contributed by atoms with van der Waals surface area (Å²) in [4.78, 5) is 30.8. The van der Waals surface area contributed by atoms with E-state index in [4.69, 9.17) is 4.74 Å². The first-order valence-electron chi connectivity index (χ1n) is 9.53. The zero-order chi connectivity index (χ0) is 21.3. The summed E-state index contributed by atoms with van der Waals surface area (Å²) < 4.78 is 6.42. The number of benzene rings is 3. The fourth-order valence-electron chi connectivity index (χ4n) is 3.22. The molecule has 0 atom stereocenters. The van der Waals surface area contributed by atoms with Crippen molar-refractivity contribution in [2.24, 2.45) is 0 Å². The number of hydrogen-bond acceptors (Lipinski definition) is 4. The molecule has 0 saturated carbocycles. The average molecular weight is 399 g/mol. The highest BCUT2D eigenvalue weighted by Crippen LogP contribution is 2.21. The van der Waals surface area contributed by atoms with Crippen LogP contribution >= 0.6 is 0 Å².